The van der Waals surface area contributed by atoms with Gasteiger partial charge in [-0.2, -0.15) is 0 Å². The van der Waals surface area contributed by atoms with Crippen molar-refractivity contribution in [1.82, 2.24) is 0 Å². The van der Waals surface area contributed by atoms with E-state index in [-0.39, 0.29) is 5.75 Å². The number of fused-ring (bicyclic) bond motifs is 1. The molecular formula is C18H16F2O2. The molecule has 0 radical (unpaired) electrons. The molecule has 0 spiro atoms. The molecule has 0 bridgehead atoms. The molecule has 1 aliphatic carbocycles. The van der Waals surface area contributed by atoms with Crippen LogP contribution in [0.5, 0.6) is 11.5 Å². The third-order valence-corrected chi connectivity index (χ3v) is 4.18. The van der Waals surface area contributed by atoms with E-state index in [1.54, 1.807) is 12.1 Å². The molecule has 2 aromatic carbocycles. The van der Waals surface area contributed by atoms with Crippen molar-refractivity contribution in [2.75, 3.05) is 0 Å². The fourth-order valence-corrected chi connectivity index (χ4v) is 3.06. The molecule has 0 amide bonds. The summed E-state index contributed by atoms with van der Waals surface area (Å²) in [5, 5.41) is 18.9. The predicted molar refractivity (Wildman–Crippen MR) is 81.6 cm³/mol. The fraction of sp³-hybridized carbons (Fsp3) is 0.222. The number of hydrogen-bond donors (Lipinski definition) is 2. The van der Waals surface area contributed by atoms with Crippen LogP contribution in [0.25, 0.3) is 11.1 Å². The molecule has 2 aromatic rings. The first-order valence-electron chi connectivity index (χ1n) is 7.18. The van der Waals surface area contributed by atoms with Crippen molar-refractivity contribution in [3.8, 4) is 11.5 Å². The highest BCUT2D eigenvalue weighted by Gasteiger charge is 2.18. The van der Waals surface area contributed by atoms with Gasteiger partial charge in [-0.15, -0.1) is 0 Å². The summed E-state index contributed by atoms with van der Waals surface area (Å²) in [7, 11) is 0. The number of halogens is 2. The summed E-state index contributed by atoms with van der Waals surface area (Å²) < 4.78 is 27.3. The number of hydrogen-bond acceptors (Lipinski definition) is 2. The van der Waals surface area contributed by atoms with E-state index in [1.165, 1.54) is 12.1 Å². The van der Waals surface area contributed by atoms with Crippen molar-refractivity contribution >= 4 is 11.1 Å². The Balaban J connectivity index is 2.17. The molecule has 4 heteroatoms. The molecule has 114 valence electrons. The summed E-state index contributed by atoms with van der Waals surface area (Å²) >= 11 is 0. The van der Waals surface area contributed by atoms with Crippen molar-refractivity contribution in [3.63, 3.8) is 0 Å². The zero-order valence-corrected chi connectivity index (χ0v) is 12.2. The summed E-state index contributed by atoms with van der Waals surface area (Å²) in [5.41, 5.74) is 4.27. The molecule has 0 atom stereocenters. The zero-order valence-electron chi connectivity index (χ0n) is 12.2. The van der Waals surface area contributed by atoms with Crippen LogP contribution in [0.15, 0.2) is 30.3 Å². The summed E-state index contributed by atoms with van der Waals surface area (Å²) in [4.78, 5) is 0. The summed E-state index contributed by atoms with van der Waals surface area (Å²) in [6.07, 6.45) is 2.31. The van der Waals surface area contributed by atoms with Crippen LogP contribution < -0.4 is 0 Å². The second-order valence-electron chi connectivity index (χ2n) is 5.59. The summed E-state index contributed by atoms with van der Waals surface area (Å²) in [5.74, 6) is -2.63. The minimum atomic E-state index is -0.953. The molecule has 22 heavy (non-hydrogen) atoms. The lowest BCUT2D eigenvalue weighted by molar-refractivity contribution is 0.396. The molecule has 0 heterocycles. The summed E-state index contributed by atoms with van der Waals surface area (Å²) in [6.45, 7) is 1.92. The minimum Gasteiger partial charge on any atom is -0.508 e. The Morgan fingerprint density at radius 3 is 2.32 bits per heavy atom. The average molecular weight is 302 g/mol. The van der Waals surface area contributed by atoms with Crippen LogP contribution in [0.2, 0.25) is 0 Å². The molecule has 0 aromatic heterocycles. The van der Waals surface area contributed by atoms with Crippen LogP contribution >= 0.6 is 0 Å². The number of aryl methyl sites for hydroxylation is 1. The average Bonchev–Trinajstić information content (AvgIpc) is 2.63. The van der Waals surface area contributed by atoms with Gasteiger partial charge >= 0.3 is 0 Å². The highest BCUT2D eigenvalue weighted by atomic mass is 19.1. The normalized spacial score (nSPS) is 14.7. The second-order valence-corrected chi connectivity index (χ2v) is 5.59. The van der Waals surface area contributed by atoms with E-state index >= 15 is 0 Å². The first-order chi connectivity index (χ1) is 10.5. The van der Waals surface area contributed by atoms with Gasteiger partial charge in [0.1, 0.15) is 5.75 Å². The van der Waals surface area contributed by atoms with E-state index in [0.29, 0.717) is 12.0 Å². The quantitative estimate of drug-likeness (QED) is 0.805. The van der Waals surface area contributed by atoms with E-state index in [0.717, 1.165) is 35.1 Å². The molecule has 1 aliphatic rings. The number of phenolic OH excluding ortho intramolecular Hbond substituents is 2. The van der Waals surface area contributed by atoms with Crippen molar-refractivity contribution in [1.29, 1.82) is 0 Å². The third kappa shape index (κ3) is 2.45. The van der Waals surface area contributed by atoms with Crippen molar-refractivity contribution in [3.05, 3.63) is 58.7 Å². The number of rotatable bonds is 1. The zero-order chi connectivity index (χ0) is 15.9. The smallest absolute Gasteiger partial charge is 0.187 e. The summed E-state index contributed by atoms with van der Waals surface area (Å²) in [6, 6.07) is 7.52. The van der Waals surface area contributed by atoms with E-state index in [2.05, 4.69) is 0 Å². The van der Waals surface area contributed by atoms with Crippen molar-refractivity contribution in [2.24, 2.45) is 0 Å². The van der Waals surface area contributed by atoms with Gasteiger partial charge in [-0.1, -0.05) is 6.07 Å². The van der Waals surface area contributed by atoms with E-state index in [9.17, 15) is 19.0 Å². The lowest BCUT2D eigenvalue weighted by Gasteiger charge is -2.12. The van der Waals surface area contributed by atoms with Crippen LogP contribution in [0.4, 0.5) is 8.78 Å². The van der Waals surface area contributed by atoms with Gasteiger partial charge in [0.25, 0.3) is 0 Å². The Kier molecular flexibility index (Phi) is 3.61. The van der Waals surface area contributed by atoms with Crippen LogP contribution in [0.1, 0.15) is 36.5 Å². The van der Waals surface area contributed by atoms with Crippen LogP contribution in [0, 0.1) is 11.6 Å². The predicted octanol–water partition coefficient (Wildman–Crippen LogP) is 4.64. The highest BCUT2D eigenvalue weighted by Crippen LogP contribution is 2.38. The molecule has 3 rings (SSSR count). The maximum absolute atomic E-state index is 13.6. The highest BCUT2D eigenvalue weighted by molar-refractivity contribution is 5.91. The van der Waals surface area contributed by atoms with Gasteiger partial charge in [-0.25, -0.2) is 8.78 Å². The van der Waals surface area contributed by atoms with E-state index in [1.807, 2.05) is 13.0 Å². The van der Waals surface area contributed by atoms with Gasteiger partial charge in [0.05, 0.1) is 0 Å². The largest absolute Gasteiger partial charge is 0.508 e. The van der Waals surface area contributed by atoms with Crippen LogP contribution in [0.3, 0.4) is 0 Å². The molecule has 2 nitrogen and oxygen atoms in total. The van der Waals surface area contributed by atoms with E-state index < -0.39 is 17.4 Å². The standard InChI is InChI=1S/C18H16F2O2/c1-10-14(12-8-16(19)18(22)17(20)9-12)4-2-3-11-7-13(21)5-6-15(10)11/h5-9,21-22H,2-4H2,1H3. The Labute approximate surface area is 127 Å². The first-order valence-corrected chi connectivity index (χ1v) is 7.18. The van der Waals surface area contributed by atoms with Crippen molar-refractivity contribution in [2.45, 2.75) is 26.2 Å². The number of benzene rings is 2. The van der Waals surface area contributed by atoms with Gasteiger partial charge in [0.15, 0.2) is 17.4 Å². The Hall–Kier alpha value is -2.36. The van der Waals surface area contributed by atoms with Crippen LogP contribution in [-0.4, -0.2) is 10.2 Å². The molecule has 0 fully saturated rings. The topological polar surface area (TPSA) is 40.5 Å². The van der Waals surface area contributed by atoms with E-state index in [4.69, 9.17) is 0 Å². The SMILES string of the molecule is CC1=C(c2cc(F)c(O)c(F)c2)CCCc2cc(O)ccc21. The molecule has 2 N–H and O–H groups in total. The van der Waals surface area contributed by atoms with Gasteiger partial charge < -0.3 is 10.2 Å². The second kappa shape index (κ2) is 5.44. The van der Waals surface area contributed by atoms with Crippen LogP contribution in [-0.2, 0) is 6.42 Å². The molecule has 0 unspecified atom stereocenters. The lowest BCUT2D eigenvalue weighted by atomic mass is 9.93. The van der Waals surface area contributed by atoms with Gasteiger partial charge in [-0.3, -0.25) is 0 Å². The lowest BCUT2D eigenvalue weighted by Crippen LogP contribution is -1.93. The molecular weight excluding hydrogens is 286 g/mol. The molecule has 0 aliphatic heterocycles. The first kappa shape index (κ1) is 14.6. The number of allylic oxidation sites excluding steroid dienone is 2. The minimum absolute atomic E-state index is 0.219. The fourth-order valence-electron chi connectivity index (χ4n) is 3.06. The molecule has 0 saturated carbocycles. The van der Waals surface area contributed by atoms with Gasteiger partial charge in [0.2, 0.25) is 0 Å². The number of phenols is 2. The maximum Gasteiger partial charge on any atom is 0.187 e. The Morgan fingerprint density at radius 1 is 0.955 bits per heavy atom. The third-order valence-electron chi connectivity index (χ3n) is 4.18. The Morgan fingerprint density at radius 2 is 1.64 bits per heavy atom. The monoisotopic (exact) mass is 302 g/mol. The van der Waals surface area contributed by atoms with Crippen molar-refractivity contribution < 1.29 is 19.0 Å². The Bertz CT molecular complexity index is 756. The van der Waals surface area contributed by atoms with Gasteiger partial charge in [-0.05, 0) is 78.3 Å². The number of aromatic hydroxyl groups is 2. The maximum atomic E-state index is 13.6. The van der Waals surface area contributed by atoms with Gasteiger partial charge in [0, 0.05) is 0 Å². The molecule has 0 saturated heterocycles.